The van der Waals surface area contributed by atoms with Crippen LogP contribution in [0.2, 0.25) is 0 Å². The van der Waals surface area contributed by atoms with E-state index in [-0.39, 0.29) is 16.6 Å². The van der Waals surface area contributed by atoms with Crippen molar-refractivity contribution in [1.29, 1.82) is 0 Å². The van der Waals surface area contributed by atoms with Gasteiger partial charge in [0.05, 0.1) is 24.9 Å². The van der Waals surface area contributed by atoms with Gasteiger partial charge in [0.2, 0.25) is 15.9 Å². The predicted molar refractivity (Wildman–Crippen MR) is 107 cm³/mol. The maximum absolute atomic E-state index is 12.1. The maximum Gasteiger partial charge on any atom is 0.238 e. The molecule has 7 nitrogen and oxygen atoms in total. The summed E-state index contributed by atoms with van der Waals surface area (Å²) in [5.41, 5.74) is 2.62. The number of thioether (sulfide) groups is 1. The van der Waals surface area contributed by atoms with Gasteiger partial charge in [0.25, 0.3) is 0 Å². The second-order valence-electron chi connectivity index (χ2n) is 5.74. The molecule has 27 heavy (non-hydrogen) atoms. The Balaban J connectivity index is 1.91. The molecule has 2 rings (SSSR count). The Morgan fingerprint density at radius 3 is 2.26 bits per heavy atom. The van der Waals surface area contributed by atoms with Crippen LogP contribution in [0.25, 0.3) is 0 Å². The van der Waals surface area contributed by atoms with E-state index in [2.05, 4.69) is 5.32 Å². The molecule has 2 aromatic carbocycles. The number of carbonyl (C=O) groups excluding carboxylic acids is 1. The Labute approximate surface area is 163 Å². The number of hydrogen-bond donors (Lipinski definition) is 2. The molecular formula is C18H22N2O5S2. The van der Waals surface area contributed by atoms with Gasteiger partial charge in [0, 0.05) is 11.4 Å². The van der Waals surface area contributed by atoms with Crippen molar-refractivity contribution in [2.24, 2.45) is 5.14 Å². The van der Waals surface area contributed by atoms with Gasteiger partial charge in [-0.25, -0.2) is 13.6 Å². The van der Waals surface area contributed by atoms with Crippen LogP contribution in [0.5, 0.6) is 11.5 Å². The van der Waals surface area contributed by atoms with E-state index in [1.807, 2.05) is 19.1 Å². The van der Waals surface area contributed by atoms with Crippen molar-refractivity contribution in [3.05, 3.63) is 47.5 Å². The number of primary sulfonamides is 1. The molecule has 3 N–H and O–H groups in total. The Hall–Kier alpha value is -2.23. The largest absolute Gasteiger partial charge is 0.493 e. The Morgan fingerprint density at radius 2 is 1.70 bits per heavy atom. The minimum atomic E-state index is -3.74. The van der Waals surface area contributed by atoms with Crippen molar-refractivity contribution in [2.45, 2.75) is 17.6 Å². The molecular weight excluding hydrogens is 388 g/mol. The zero-order valence-corrected chi connectivity index (χ0v) is 16.9. The summed E-state index contributed by atoms with van der Waals surface area (Å²) < 4.78 is 33.0. The molecule has 0 radical (unpaired) electrons. The zero-order chi connectivity index (χ0) is 20.0. The third-order valence-corrected chi connectivity index (χ3v) is 5.71. The molecule has 0 saturated carbocycles. The first-order valence-corrected chi connectivity index (χ1v) is 10.7. The average molecular weight is 411 g/mol. The van der Waals surface area contributed by atoms with Crippen LogP contribution in [0.1, 0.15) is 11.1 Å². The summed E-state index contributed by atoms with van der Waals surface area (Å²) in [7, 11) is -0.573. The van der Waals surface area contributed by atoms with Crippen molar-refractivity contribution in [1.82, 2.24) is 0 Å². The molecule has 0 aliphatic heterocycles. The summed E-state index contributed by atoms with van der Waals surface area (Å²) in [6.07, 6.45) is 0. The molecule has 2 aromatic rings. The first-order valence-electron chi connectivity index (χ1n) is 7.96. The van der Waals surface area contributed by atoms with Crippen LogP contribution < -0.4 is 19.9 Å². The van der Waals surface area contributed by atoms with Crippen molar-refractivity contribution in [3.8, 4) is 11.5 Å². The lowest BCUT2D eigenvalue weighted by Gasteiger charge is -2.12. The average Bonchev–Trinajstić information content (AvgIpc) is 2.62. The van der Waals surface area contributed by atoms with E-state index in [0.29, 0.717) is 22.9 Å². The highest BCUT2D eigenvalue weighted by Gasteiger charge is 2.11. The molecule has 0 aliphatic carbocycles. The fourth-order valence-corrected chi connectivity index (χ4v) is 3.76. The number of anilines is 1. The topological polar surface area (TPSA) is 108 Å². The fourth-order valence-electron chi connectivity index (χ4n) is 2.36. The number of nitrogens with two attached hydrogens (primary N) is 1. The molecule has 146 valence electrons. The normalized spacial score (nSPS) is 11.1. The number of hydrogen-bond acceptors (Lipinski definition) is 6. The van der Waals surface area contributed by atoms with Gasteiger partial charge in [0.15, 0.2) is 11.5 Å². The van der Waals surface area contributed by atoms with E-state index < -0.39 is 10.0 Å². The standard InChI is InChI=1S/C18H22N2O5S2/c1-12-8-16(24-2)17(25-3)9-13(12)10-26-11-18(21)20-14-4-6-15(7-5-14)27(19,22)23/h4-9H,10-11H2,1-3H3,(H,20,21)(H2,19,22,23). The second-order valence-corrected chi connectivity index (χ2v) is 8.29. The van der Waals surface area contributed by atoms with E-state index in [4.69, 9.17) is 14.6 Å². The smallest absolute Gasteiger partial charge is 0.238 e. The number of amides is 1. The lowest BCUT2D eigenvalue weighted by atomic mass is 10.1. The molecule has 0 spiro atoms. The van der Waals surface area contributed by atoms with Crippen LogP contribution in [0.3, 0.4) is 0 Å². The summed E-state index contributed by atoms with van der Waals surface area (Å²) in [6.45, 7) is 1.98. The molecule has 0 aliphatic rings. The number of aryl methyl sites for hydroxylation is 1. The van der Waals surface area contributed by atoms with E-state index in [1.54, 1.807) is 14.2 Å². The highest BCUT2D eigenvalue weighted by atomic mass is 32.2. The molecule has 1 amide bonds. The number of rotatable bonds is 8. The molecule has 0 atom stereocenters. The van der Waals surface area contributed by atoms with E-state index >= 15 is 0 Å². The number of methoxy groups -OCH3 is 2. The number of ether oxygens (including phenoxy) is 2. The van der Waals surface area contributed by atoms with Gasteiger partial charge in [-0.3, -0.25) is 4.79 Å². The van der Waals surface area contributed by atoms with Crippen LogP contribution in [-0.2, 0) is 20.6 Å². The summed E-state index contributed by atoms with van der Waals surface area (Å²) in [5.74, 6) is 2.04. The zero-order valence-electron chi connectivity index (χ0n) is 15.3. The van der Waals surface area contributed by atoms with Gasteiger partial charge in [-0.2, -0.15) is 0 Å². The molecule has 0 aromatic heterocycles. The van der Waals surface area contributed by atoms with E-state index in [1.165, 1.54) is 36.0 Å². The minimum absolute atomic E-state index is 0.00111. The Kier molecular flexibility index (Phi) is 7.11. The Morgan fingerprint density at radius 1 is 1.11 bits per heavy atom. The lowest BCUT2D eigenvalue weighted by molar-refractivity contribution is -0.113. The first-order chi connectivity index (χ1) is 12.7. The van der Waals surface area contributed by atoms with E-state index in [9.17, 15) is 13.2 Å². The summed E-state index contributed by atoms with van der Waals surface area (Å²) >= 11 is 1.46. The molecule has 0 fully saturated rings. The number of nitrogens with one attached hydrogen (secondary N) is 1. The van der Waals surface area contributed by atoms with Gasteiger partial charge in [-0.1, -0.05) is 0 Å². The van der Waals surface area contributed by atoms with Gasteiger partial charge >= 0.3 is 0 Å². The number of sulfonamides is 1. The van der Waals surface area contributed by atoms with E-state index in [0.717, 1.165) is 11.1 Å². The van der Waals surface area contributed by atoms with Crippen LogP contribution >= 0.6 is 11.8 Å². The van der Waals surface area contributed by atoms with Gasteiger partial charge in [-0.15, -0.1) is 11.8 Å². The first kappa shape index (κ1) is 21.1. The lowest BCUT2D eigenvalue weighted by Crippen LogP contribution is -2.15. The highest BCUT2D eigenvalue weighted by molar-refractivity contribution is 7.99. The third-order valence-electron chi connectivity index (χ3n) is 3.80. The predicted octanol–water partition coefficient (Wildman–Crippen LogP) is 2.53. The fraction of sp³-hybridized carbons (Fsp3) is 0.278. The minimum Gasteiger partial charge on any atom is -0.493 e. The monoisotopic (exact) mass is 410 g/mol. The summed E-state index contributed by atoms with van der Waals surface area (Å²) in [4.78, 5) is 12.1. The summed E-state index contributed by atoms with van der Waals surface area (Å²) in [6, 6.07) is 9.52. The van der Waals surface area contributed by atoms with Crippen LogP contribution in [0.4, 0.5) is 5.69 Å². The quantitative estimate of drug-likeness (QED) is 0.692. The number of benzene rings is 2. The van der Waals surface area contributed by atoms with Gasteiger partial charge in [-0.05, 0) is 54.4 Å². The SMILES string of the molecule is COc1cc(C)c(CSCC(=O)Nc2ccc(S(N)(=O)=O)cc2)cc1OC. The van der Waals surface area contributed by atoms with Crippen LogP contribution in [-0.4, -0.2) is 34.3 Å². The van der Waals surface area contributed by atoms with Crippen LogP contribution in [0.15, 0.2) is 41.3 Å². The molecule has 0 unspecified atom stereocenters. The molecule has 0 bridgehead atoms. The van der Waals surface area contributed by atoms with Gasteiger partial charge < -0.3 is 14.8 Å². The van der Waals surface area contributed by atoms with Crippen molar-refractivity contribution < 1.29 is 22.7 Å². The second kappa shape index (κ2) is 9.12. The summed E-state index contributed by atoms with van der Waals surface area (Å²) in [5, 5.41) is 7.77. The highest BCUT2D eigenvalue weighted by Crippen LogP contribution is 2.31. The van der Waals surface area contributed by atoms with Crippen LogP contribution in [0, 0.1) is 6.92 Å². The molecule has 0 heterocycles. The van der Waals surface area contributed by atoms with Gasteiger partial charge in [0.1, 0.15) is 0 Å². The molecule has 9 heteroatoms. The van der Waals surface area contributed by atoms with Crippen molar-refractivity contribution >= 4 is 33.4 Å². The maximum atomic E-state index is 12.1. The third kappa shape index (κ3) is 5.88. The number of carbonyl (C=O) groups is 1. The van der Waals surface area contributed by atoms with Crippen molar-refractivity contribution in [3.63, 3.8) is 0 Å². The Bertz CT molecular complexity index is 912. The molecule has 0 saturated heterocycles. The van der Waals surface area contributed by atoms with Crippen molar-refractivity contribution in [2.75, 3.05) is 25.3 Å².